The lowest BCUT2D eigenvalue weighted by Crippen LogP contribution is -2.49. The fraction of sp³-hybridized carbons (Fsp3) is 0.611. The lowest BCUT2D eigenvalue weighted by molar-refractivity contribution is -0.135. The van der Waals surface area contributed by atoms with Gasteiger partial charge in [0.15, 0.2) is 0 Å². The van der Waals surface area contributed by atoms with Crippen molar-refractivity contribution < 1.29 is 4.79 Å². The summed E-state index contributed by atoms with van der Waals surface area (Å²) in [4.78, 5) is 14.9. The summed E-state index contributed by atoms with van der Waals surface area (Å²) in [5, 5.41) is 3.39. The van der Waals surface area contributed by atoms with Crippen molar-refractivity contribution in [3.63, 3.8) is 0 Å². The Kier molecular flexibility index (Phi) is 4.59. The molecule has 1 amide bonds. The molecule has 1 aromatic rings. The molecule has 1 saturated carbocycles. The number of carbonyl (C=O) groups excluding carboxylic acids is 1. The second-order valence-corrected chi connectivity index (χ2v) is 6.37. The van der Waals surface area contributed by atoms with E-state index in [-0.39, 0.29) is 6.04 Å². The third-order valence-corrected chi connectivity index (χ3v) is 4.66. The van der Waals surface area contributed by atoms with Gasteiger partial charge in [0.05, 0.1) is 6.04 Å². The third kappa shape index (κ3) is 3.65. The number of aryl methyl sites for hydroxylation is 1. The zero-order valence-electron chi connectivity index (χ0n) is 13.0. The summed E-state index contributed by atoms with van der Waals surface area (Å²) in [5.74, 6) is 0.316. The van der Waals surface area contributed by atoms with Crippen LogP contribution in [0.5, 0.6) is 0 Å². The molecule has 1 heterocycles. The Morgan fingerprint density at radius 2 is 1.86 bits per heavy atom. The Hall–Kier alpha value is -1.35. The van der Waals surface area contributed by atoms with Crippen LogP contribution in [0, 0.1) is 0 Å². The molecule has 1 unspecified atom stereocenters. The number of benzene rings is 1. The molecule has 1 atom stereocenters. The zero-order valence-corrected chi connectivity index (χ0v) is 13.0. The van der Waals surface area contributed by atoms with Crippen molar-refractivity contribution in [1.82, 2.24) is 10.2 Å². The van der Waals surface area contributed by atoms with E-state index in [1.54, 1.807) is 0 Å². The highest BCUT2D eigenvalue weighted by Gasteiger charge is 2.36. The van der Waals surface area contributed by atoms with E-state index in [0.29, 0.717) is 11.9 Å². The molecule has 2 aliphatic rings. The summed E-state index contributed by atoms with van der Waals surface area (Å²) in [6, 6.07) is 9.25. The number of amides is 1. The normalized spacial score (nSPS) is 22.0. The van der Waals surface area contributed by atoms with Gasteiger partial charge in [0, 0.05) is 12.6 Å². The van der Waals surface area contributed by atoms with Crippen LogP contribution >= 0.6 is 0 Å². The molecule has 3 nitrogen and oxygen atoms in total. The standard InChI is InChI=1S/C18H26N2O/c1-2-14-6-8-15(9-7-14)13-20(16-10-11-16)18(21)17-5-3-4-12-19-17/h6-9,16-17,19H,2-5,10-13H2,1H3. The minimum atomic E-state index is 0.0502. The molecule has 1 N–H and O–H groups in total. The van der Waals surface area contributed by atoms with Gasteiger partial charge < -0.3 is 10.2 Å². The second kappa shape index (κ2) is 6.61. The molecule has 3 rings (SSSR count). The summed E-state index contributed by atoms with van der Waals surface area (Å²) >= 11 is 0. The molecule has 0 aromatic heterocycles. The topological polar surface area (TPSA) is 32.3 Å². The smallest absolute Gasteiger partial charge is 0.240 e. The van der Waals surface area contributed by atoms with E-state index >= 15 is 0 Å². The van der Waals surface area contributed by atoms with Crippen molar-refractivity contribution in [3.05, 3.63) is 35.4 Å². The van der Waals surface area contributed by atoms with Crippen LogP contribution in [-0.2, 0) is 17.8 Å². The molecule has 1 saturated heterocycles. The number of piperidine rings is 1. The predicted octanol–water partition coefficient (Wildman–Crippen LogP) is 2.88. The summed E-state index contributed by atoms with van der Waals surface area (Å²) in [6.07, 6.45) is 6.78. The van der Waals surface area contributed by atoms with Gasteiger partial charge in [-0.2, -0.15) is 0 Å². The molecule has 0 bridgehead atoms. The first-order chi connectivity index (χ1) is 10.3. The van der Waals surface area contributed by atoms with Crippen LogP contribution in [0.25, 0.3) is 0 Å². The zero-order chi connectivity index (χ0) is 14.7. The molecular formula is C18H26N2O. The van der Waals surface area contributed by atoms with Gasteiger partial charge in [-0.05, 0) is 49.8 Å². The van der Waals surface area contributed by atoms with Crippen LogP contribution in [0.2, 0.25) is 0 Å². The van der Waals surface area contributed by atoms with E-state index < -0.39 is 0 Å². The third-order valence-electron chi connectivity index (χ3n) is 4.66. The Morgan fingerprint density at radius 1 is 1.14 bits per heavy atom. The van der Waals surface area contributed by atoms with Crippen molar-refractivity contribution >= 4 is 5.91 Å². The number of nitrogens with one attached hydrogen (secondary N) is 1. The van der Waals surface area contributed by atoms with E-state index in [4.69, 9.17) is 0 Å². The summed E-state index contributed by atoms with van der Waals surface area (Å²) < 4.78 is 0. The van der Waals surface area contributed by atoms with Crippen molar-refractivity contribution in [2.24, 2.45) is 0 Å². The number of hydrogen-bond acceptors (Lipinski definition) is 2. The molecule has 2 fully saturated rings. The van der Waals surface area contributed by atoms with Gasteiger partial charge in [0.25, 0.3) is 0 Å². The van der Waals surface area contributed by atoms with E-state index in [1.807, 2.05) is 0 Å². The molecule has 114 valence electrons. The monoisotopic (exact) mass is 286 g/mol. The highest BCUT2D eigenvalue weighted by atomic mass is 16.2. The largest absolute Gasteiger partial charge is 0.334 e. The highest BCUT2D eigenvalue weighted by Crippen LogP contribution is 2.29. The molecule has 1 aliphatic carbocycles. The lowest BCUT2D eigenvalue weighted by Gasteiger charge is -2.30. The Balaban J connectivity index is 1.67. The first-order valence-corrected chi connectivity index (χ1v) is 8.39. The van der Waals surface area contributed by atoms with E-state index in [1.165, 1.54) is 36.8 Å². The molecule has 0 radical (unpaired) electrons. The predicted molar refractivity (Wildman–Crippen MR) is 85.0 cm³/mol. The minimum Gasteiger partial charge on any atom is -0.334 e. The fourth-order valence-electron chi connectivity index (χ4n) is 3.11. The fourth-order valence-corrected chi connectivity index (χ4v) is 3.11. The van der Waals surface area contributed by atoms with Gasteiger partial charge >= 0.3 is 0 Å². The number of nitrogens with zero attached hydrogens (tertiary/aromatic N) is 1. The van der Waals surface area contributed by atoms with Crippen molar-refractivity contribution in [2.45, 2.75) is 64.1 Å². The first kappa shape index (κ1) is 14.6. The average molecular weight is 286 g/mol. The number of carbonyl (C=O) groups is 1. The maximum atomic E-state index is 12.8. The van der Waals surface area contributed by atoms with Gasteiger partial charge in [-0.1, -0.05) is 37.6 Å². The minimum absolute atomic E-state index is 0.0502. The van der Waals surface area contributed by atoms with Crippen LogP contribution in [0.3, 0.4) is 0 Å². The van der Waals surface area contributed by atoms with Crippen molar-refractivity contribution in [2.75, 3.05) is 6.54 Å². The molecule has 21 heavy (non-hydrogen) atoms. The molecular weight excluding hydrogens is 260 g/mol. The van der Waals surface area contributed by atoms with Crippen LogP contribution in [0.1, 0.15) is 50.2 Å². The van der Waals surface area contributed by atoms with Gasteiger partial charge in [0.2, 0.25) is 5.91 Å². The average Bonchev–Trinajstić information content (AvgIpc) is 3.38. The summed E-state index contributed by atoms with van der Waals surface area (Å²) in [7, 11) is 0. The van der Waals surface area contributed by atoms with Gasteiger partial charge in [-0.3, -0.25) is 4.79 Å². The van der Waals surface area contributed by atoms with E-state index in [9.17, 15) is 4.79 Å². The second-order valence-electron chi connectivity index (χ2n) is 6.37. The number of hydrogen-bond donors (Lipinski definition) is 1. The van der Waals surface area contributed by atoms with Gasteiger partial charge in [-0.25, -0.2) is 0 Å². The highest BCUT2D eigenvalue weighted by molar-refractivity contribution is 5.82. The van der Waals surface area contributed by atoms with Crippen LogP contribution in [0.4, 0.5) is 0 Å². The molecule has 3 heteroatoms. The first-order valence-electron chi connectivity index (χ1n) is 8.39. The maximum Gasteiger partial charge on any atom is 0.240 e. The van der Waals surface area contributed by atoms with Crippen LogP contribution in [-0.4, -0.2) is 29.4 Å². The Labute approximate surface area is 127 Å². The van der Waals surface area contributed by atoms with Crippen molar-refractivity contribution in [3.8, 4) is 0 Å². The summed E-state index contributed by atoms with van der Waals surface area (Å²) in [6.45, 7) is 3.93. The van der Waals surface area contributed by atoms with Crippen LogP contribution < -0.4 is 5.32 Å². The maximum absolute atomic E-state index is 12.8. The quantitative estimate of drug-likeness (QED) is 0.902. The van der Waals surface area contributed by atoms with Gasteiger partial charge in [-0.15, -0.1) is 0 Å². The number of rotatable bonds is 5. The van der Waals surface area contributed by atoms with Crippen LogP contribution in [0.15, 0.2) is 24.3 Å². The molecule has 0 spiro atoms. The van der Waals surface area contributed by atoms with E-state index in [2.05, 4.69) is 41.4 Å². The Bertz CT molecular complexity index is 472. The Morgan fingerprint density at radius 3 is 2.43 bits per heavy atom. The SMILES string of the molecule is CCc1ccc(CN(C(=O)C2CCCCN2)C2CC2)cc1. The van der Waals surface area contributed by atoms with Crippen molar-refractivity contribution in [1.29, 1.82) is 0 Å². The van der Waals surface area contributed by atoms with Gasteiger partial charge in [0.1, 0.15) is 0 Å². The summed E-state index contributed by atoms with van der Waals surface area (Å²) in [5.41, 5.74) is 2.61. The van der Waals surface area contributed by atoms with E-state index in [0.717, 1.165) is 25.9 Å². The lowest BCUT2D eigenvalue weighted by atomic mass is 10.0. The molecule has 1 aliphatic heterocycles. The molecule has 1 aromatic carbocycles.